The standard InChI is InChI=1S/C16H13NO3S/c18-13-11-16(20-14-6-2-1-5-12(13)14)19-9-10-21-15-7-3-4-8-17-15/h1-8,11H,9-10H2. The van der Waals surface area contributed by atoms with Crippen molar-refractivity contribution in [2.75, 3.05) is 12.4 Å². The van der Waals surface area contributed by atoms with Gasteiger partial charge < -0.3 is 9.15 Å². The van der Waals surface area contributed by atoms with Gasteiger partial charge in [-0.2, -0.15) is 0 Å². The lowest BCUT2D eigenvalue weighted by Gasteiger charge is -2.05. The third-order valence-electron chi connectivity index (χ3n) is 2.83. The summed E-state index contributed by atoms with van der Waals surface area (Å²) in [7, 11) is 0. The number of nitrogens with zero attached hydrogens (tertiary/aromatic N) is 1. The first-order valence-corrected chi connectivity index (χ1v) is 7.51. The summed E-state index contributed by atoms with van der Waals surface area (Å²) in [6, 6.07) is 14.3. The van der Waals surface area contributed by atoms with Gasteiger partial charge in [-0.05, 0) is 24.3 Å². The van der Waals surface area contributed by atoms with Crippen molar-refractivity contribution in [3.63, 3.8) is 0 Å². The van der Waals surface area contributed by atoms with Crippen molar-refractivity contribution in [1.82, 2.24) is 4.98 Å². The van der Waals surface area contributed by atoms with Crippen molar-refractivity contribution in [1.29, 1.82) is 0 Å². The lowest BCUT2D eigenvalue weighted by atomic mass is 10.2. The maximum atomic E-state index is 11.9. The smallest absolute Gasteiger partial charge is 0.288 e. The molecule has 0 aliphatic rings. The van der Waals surface area contributed by atoms with Crippen LogP contribution >= 0.6 is 11.8 Å². The summed E-state index contributed by atoms with van der Waals surface area (Å²) in [5.41, 5.74) is 0.446. The average Bonchev–Trinajstić information content (AvgIpc) is 2.53. The molecule has 0 saturated carbocycles. The van der Waals surface area contributed by atoms with Crippen LogP contribution in [0.5, 0.6) is 5.95 Å². The van der Waals surface area contributed by atoms with Gasteiger partial charge in [-0.15, -0.1) is 11.8 Å². The van der Waals surface area contributed by atoms with Gasteiger partial charge in [0, 0.05) is 11.9 Å². The third-order valence-corrected chi connectivity index (χ3v) is 3.74. The molecule has 0 unspecified atom stereocenters. The molecule has 0 radical (unpaired) electrons. The van der Waals surface area contributed by atoms with Gasteiger partial charge in [0.05, 0.1) is 16.5 Å². The van der Waals surface area contributed by atoms with Gasteiger partial charge in [-0.25, -0.2) is 4.98 Å². The van der Waals surface area contributed by atoms with E-state index in [0.717, 1.165) is 10.8 Å². The van der Waals surface area contributed by atoms with E-state index < -0.39 is 0 Å². The second kappa shape index (κ2) is 6.45. The number of hydrogen-bond acceptors (Lipinski definition) is 5. The molecule has 0 aliphatic heterocycles. The Balaban J connectivity index is 1.62. The molecule has 3 aromatic rings. The van der Waals surface area contributed by atoms with Gasteiger partial charge in [0.1, 0.15) is 12.2 Å². The highest BCUT2D eigenvalue weighted by atomic mass is 32.2. The van der Waals surface area contributed by atoms with Crippen LogP contribution in [0.15, 0.2) is 69.0 Å². The van der Waals surface area contributed by atoms with E-state index in [1.807, 2.05) is 30.3 Å². The van der Waals surface area contributed by atoms with E-state index in [9.17, 15) is 4.79 Å². The minimum atomic E-state index is -0.0933. The summed E-state index contributed by atoms with van der Waals surface area (Å²) in [4.78, 5) is 16.1. The van der Waals surface area contributed by atoms with Crippen molar-refractivity contribution >= 4 is 22.7 Å². The van der Waals surface area contributed by atoms with Crippen molar-refractivity contribution in [3.05, 3.63) is 65.0 Å². The molecule has 0 saturated heterocycles. The number of hydrogen-bond donors (Lipinski definition) is 0. The van der Waals surface area contributed by atoms with Crippen molar-refractivity contribution in [3.8, 4) is 5.95 Å². The minimum Gasteiger partial charge on any atom is -0.464 e. The van der Waals surface area contributed by atoms with Crippen LogP contribution in [-0.4, -0.2) is 17.3 Å². The number of pyridine rings is 1. The minimum absolute atomic E-state index is 0.0933. The van der Waals surface area contributed by atoms with Crippen molar-refractivity contribution < 1.29 is 9.15 Å². The first-order valence-electron chi connectivity index (χ1n) is 6.52. The first-order chi connectivity index (χ1) is 10.3. The Bertz CT molecular complexity index is 786. The molecule has 0 fully saturated rings. The quantitative estimate of drug-likeness (QED) is 0.534. The van der Waals surface area contributed by atoms with E-state index >= 15 is 0 Å². The molecule has 0 bridgehead atoms. The summed E-state index contributed by atoms with van der Waals surface area (Å²) in [6.45, 7) is 0.447. The number of ether oxygens (including phenoxy) is 1. The van der Waals surface area contributed by atoms with E-state index in [1.165, 1.54) is 6.07 Å². The zero-order valence-electron chi connectivity index (χ0n) is 11.2. The fourth-order valence-electron chi connectivity index (χ4n) is 1.87. The molecule has 3 rings (SSSR count). The molecule has 106 valence electrons. The van der Waals surface area contributed by atoms with Crippen molar-refractivity contribution in [2.24, 2.45) is 0 Å². The summed E-state index contributed by atoms with van der Waals surface area (Å²) in [6.07, 6.45) is 1.76. The first kappa shape index (κ1) is 13.7. The average molecular weight is 299 g/mol. The van der Waals surface area contributed by atoms with E-state index in [2.05, 4.69) is 4.98 Å². The van der Waals surface area contributed by atoms with Crippen LogP contribution in [0.25, 0.3) is 11.0 Å². The summed E-state index contributed by atoms with van der Waals surface area (Å²) in [5, 5.41) is 1.51. The van der Waals surface area contributed by atoms with Crippen LogP contribution in [0.4, 0.5) is 0 Å². The molecule has 0 spiro atoms. The number of rotatable bonds is 5. The third kappa shape index (κ3) is 3.44. The van der Waals surface area contributed by atoms with E-state index in [4.69, 9.17) is 9.15 Å². The van der Waals surface area contributed by atoms with E-state index in [-0.39, 0.29) is 11.4 Å². The molecule has 0 amide bonds. The second-order valence-corrected chi connectivity index (χ2v) is 5.41. The highest BCUT2D eigenvalue weighted by molar-refractivity contribution is 7.99. The molecule has 4 nitrogen and oxygen atoms in total. The molecule has 0 aliphatic carbocycles. The maximum absolute atomic E-state index is 11.9. The molecule has 2 heterocycles. The highest BCUT2D eigenvalue weighted by Gasteiger charge is 2.05. The van der Waals surface area contributed by atoms with Gasteiger partial charge in [0.2, 0.25) is 0 Å². The normalized spacial score (nSPS) is 10.7. The Morgan fingerprint density at radius 2 is 2.00 bits per heavy atom. The molecular weight excluding hydrogens is 286 g/mol. The van der Waals surface area contributed by atoms with Crippen LogP contribution < -0.4 is 10.2 Å². The van der Waals surface area contributed by atoms with Crippen LogP contribution in [0.1, 0.15) is 0 Å². The van der Waals surface area contributed by atoms with Gasteiger partial charge in [0.15, 0.2) is 5.43 Å². The van der Waals surface area contributed by atoms with E-state index in [0.29, 0.717) is 17.6 Å². The van der Waals surface area contributed by atoms with Crippen molar-refractivity contribution in [2.45, 2.75) is 5.03 Å². The van der Waals surface area contributed by atoms with Crippen LogP contribution in [0.3, 0.4) is 0 Å². The highest BCUT2D eigenvalue weighted by Crippen LogP contribution is 2.18. The molecule has 21 heavy (non-hydrogen) atoms. The fourth-order valence-corrected chi connectivity index (χ4v) is 2.56. The second-order valence-electron chi connectivity index (χ2n) is 4.29. The molecule has 0 N–H and O–H groups in total. The van der Waals surface area contributed by atoms with Crippen LogP contribution in [0, 0.1) is 0 Å². The zero-order valence-corrected chi connectivity index (χ0v) is 12.0. The Labute approximate surface area is 125 Å². The summed E-state index contributed by atoms with van der Waals surface area (Å²) >= 11 is 1.59. The lowest BCUT2D eigenvalue weighted by Crippen LogP contribution is -2.05. The number of benzene rings is 1. The number of thioether (sulfide) groups is 1. The summed E-state index contributed by atoms with van der Waals surface area (Å²) in [5.74, 6) is 0.980. The molecule has 2 aromatic heterocycles. The SMILES string of the molecule is O=c1cc(OCCSc2ccccn2)oc2ccccc12. The maximum Gasteiger partial charge on any atom is 0.288 e. The predicted molar refractivity (Wildman–Crippen MR) is 82.9 cm³/mol. The van der Waals surface area contributed by atoms with Gasteiger partial charge in [0.25, 0.3) is 5.95 Å². The zero-order chi connectivity index (χ0) is 14.5. The monoisotopic (exact) mass is 299 g/mol. The number of fused-ring (bicyclic) bond motifs is 1. The molecule has 0 atom stereocenters. The topological polar surface area (TPSA) is 52.3 Å². The fraction of sp³-hybridized carbons (Fsp3) is 0.125. The Morgan fingerprint density at radius 3 is 2.86 bits per heavy atom. The largest absolute Gasteiger partial charge is 0.464 e. The van der Waals surface area contributed by atoms with Gasteiger partial charge >= 0.3 is 0 Å². The van der Waals surface area contributed by atoms with Crippen LogP contribution in [-0.2, 0) is 0 Å². The summed E-state index contributed by atoms with van der Waals surface area (Å²) < 4.78 is 11.0. The Hall–Kier alpha value is -2.27. The molecular formula is C16H13NO3S. The lowest BCUT2D eigenvalue weighted by molar-refractivity contribution is 0.263. The number of para-hydroxylation sites is 1. The van der Waals surface area contributed by atoms with E-state index in [1.54, 1.807) is 30.1 Å². The van der Waals surface area contributed by atoms with Gasteiger partial charge in [-0.3, -0.25) is 4.79 Å². The number of aromatic nitrogens is 1. The molecule has 5 heteroatoms. The predicted octanol–water partition coefficient (Wildman–Crippen LogP) is 3.36. The Kier molecular flexibility index (Phi) is 4.21. The van der Waals surface area contributed by atoms with Gasteiger partial charge in [-0.1, -0.05) is 18.2 Å². The van der Waals surface area contributed by atoms with Crippen LogP contribution in [0.2, 0.25) is 0 Å². The Morgan fingerprint density at radius 1 is 1.14 bits per heavy atom. The molecule has 1 aromatic carbocycles.